The summed E-state index contributed by atoms with van der Waals surface area (Å²) in [5.41, 5.74) is 8.25. The lowest BCUT2D eigenvalue weighted by molar-refractivity contribution is -0.685. The highest BCUT2D eigenvalue weighted by Gasteiger charge is 2.42. The number of nitrogens with two attached hydrogens (primary N) is 1. The predicted molar refractivity (Wildman–Crippen MR) is 159 cm³/mol. The Kier molecular flexibility index (Phi) is 9.17. The largest absolute Gasteiger partial charge is 0.494 e. The van der Waals surface area contributed by atoms with E-state index >= 15 is 0 Å². The Labute approximate surface area is 249 Å². The van der Waals surface area contributed by atoms with Gasteiger partial charge in [0.1, 0.15) is 5.75 Å². The summed E-state index contributed by atoms with van der Waals surface area (Å²) in [6, 6.07) is 22.9. The maximum Gasteiger partial charge on any atom is 0.437 e. The van der Waals surface area contributed by atoms with E-state index in [9.17, 15) is 18.0 Å². The SMILES string of the molecule is CCCOc1ccc(C(NCC2CC2)c2cccc(NC(=O)c3cc(C(F)(F)F)n(C)[n+]3-c3cccc(CN)c3)c2)cc1. The van der Waals surface area contributed by atoms with Crippen LogP contribution in [0.5, 0.6) is 5.75 Å². The van der Waals surface area contributed by atoms with E-state index in [0.717, 1.165) is 46.2 Å². The fraction of sp³-hybridized carbons (Fsp3) is 0.333. The van der Waals surface area contributed by atoms with Crippen LogP contribution in [0.25, 0.3) is 5.69 Å². The van der Waals surface area contributed by atoms with E-state index in [1.807, 2.05) is 42.5 Å². The summed E-state index contributed by atoms with van der Waals surface area (Å²) in [6.07, 6.45) is -1.33. The summed E-state index contributed by atoms with van der Waals surface area (Å²) >= 11 is 0. The fourth-order valence-corrected chi connectivity index (χ4v) is 5.11. The number of carbonyl (C=O) groups is 1. The molecule has 1 unspecified atom stereocenters. The minimum atomic E-state index is -4.65. The zero-order valence-corrected chi connectivity index (χ0v) is 24.3. The number of amides is 1. The maximum absolute atomic E-state index is 13.9. The van der Waals surface area contributed by atoms with Crippen molar-refractivity contribution in [2.24, 2.45) is 18.7 Å². The molecule has 0 spiro atoms. The van der Waals surface area contributed by atoms with Crippen LogP contribution < -0.4 is 25.8 Å². The third-order valence-corrected chi connectivity index (χ3v) is 7.54. The van der Waals surface area contributed by atoms with Gasteiger partial charge in [0.2, 0.25) is 5.69 Å². The number of nitrogens with one attached hydrogen (secondary N) is 2. The highest BCUT2D eigenvalue weighted by molar-refractivity contribution is 6.02. The molecule has 4 N–H and O–H groups in total. The second-order valence-corrected chi connectivity index (χ2v) is 10.9. The van der Waals surface area contributed by atoms with Gasteiger partial charge in [-0.3, -0.25) is 4.79 Å². The monoisotopic (exact) mass is 592 g/mol. The van der Waals surface area contributed by atoms with Gasteiger partial charge in [0.25, 0.3) is 0 Å². The molecular weight excluding hydrogens is 555 g/mol. The van der Waals surface area contributed by atoms with Crippen LogP contribution in [0.3, 0.4) is 0 Å². The van der Waals surface area contributed by atoms with Crippen molar-refractivity contribution in [1.82, 2.24) is 10.00 Å². The first-order valence-corrected chi connectivity index (χ1v) is 14.5. The van der Waals surface area contributed by atoms with E-state index in [-0.39, 0.29) is 18.3 Å². The van der Waals surface area contributed by atoms with Gasteiger partial charge in [-0.05, 0) is 72.7 Å². The van der Waals surface area contributed by atoms with E-state index < -0.39 is 17.8 Å². The molecule has 3 aromatic carbocycles. The van der Waals surface area contributed by atoms with Crippen molar-refractivity contribution in [3.8, 4) is 11.4 Å². The molecule has 0 aliphatic heterocycles. The van der Waals surface area contributed by atoms with Crippen LogP contribution in [-0.4, -0.2) is 23.7 Å². The highest BCUT2D eigenvalue weighted by atomic mass is 19.4. The molecule has 0 radical (unpaired) electrons. The van der Waals surface area contributed by atoms with E-state index in [1.54, 1.807) is 30.3 Å². The number of alkyl halides is 3. The normalized spacial score (nSPS) is 14.0. The molecule has 1 atom stereocenters. The third-order valence-electron chi connectivity index (χ3n) is 7.54. The molecule has 0 saturated heterocycles. The number of benzene rings is 3. The first-order chi connectivity index (χ1) is 20.7. The van der Waals surface area contributed by atoms with Gasteiger partial charge in [-0.15, -0.1) is 4.68 Å². The summed E-state index contributed by atoms with van der Waals surface area (Å²) in [6.45, 7) is 3.78. The van der Waals surface area contributed by atoms with Crippen molar-refractivity contribution in [1.29, 1.82) is 0 Å². The number of halogens is 3. The van der Waals surface area contributed by atoms with Crippen LogP contribution in [-0.2, 0) is 19.8 Å². The molecule has 1 saturated carbocycles. The van der Waals surface area contributed by atoms with Crippen molar-refractivity contribution in [2.75, 3.05) is 18.5 Å². The number of hydrogen-bond acceptors (Lipinski definition) is 4. The van der Waals surface area contributed by atoms with Crippen LogP contribution in [0.2, 0.25) is 0 Å². The van der Waals surface area contributed by atoms with Crippen molar-refractivity contribution in [3.05, 3.63) is 107 Å². The lowest BCUT2D eigenvalue weighted by atomic mass is 9.97. The molecule has 1 aromatic heterocycles. The van der Waals surface area contributed by atoms with Gasteiger partial charge >= 0.3 is 17.8 Å². The molecule has 0 bridgehead atoms. The van der Waals surface area contributed by atoms with Crippen LogP contribution in [0, 0.1) is 5.92 Å². The standard InChI is InChI=1S/C33H36F3N5O2/c1-3-16-43-28-14-12-24(13-15-28)31(38-21-22-10-11-22)25-7-5-8-26(18-25)39-32(42)29-19-30(33(34,35)36)40(2)41(29)27-9-4-6-23(17-27)20-37/h4-9,12-15,17-19,22,31,38H,3,10-11,16,20-21,37H2,1-2H3/p+1. The summed E-state index contributed by atoms with van der Waals surface area (Å²) < 4.78 is 49.7. The van der Waals surface area contributed by atoms with Crippen LogP contribution in [0.15, 0.2) is 78.9 Å². The van der Waals surface area contributed by atoms with E-state index in [2.05, 4.69) is 17.6 Å². The predicted octanol–water partition coefficient (Wildman–Crippen LogP) is 5.91. The molecule has 10 heteroatoms. The molecule has 7 nitrogen and oxygen atoms in total. The lowest BCUT2D eigenvalue weighted by Gasteiger charge is -2.21. The van der Waals surface area contributed by atoms with Gasteiger partial charge < -0.3 is 21.1 Å². The highest BCUT2D eigenvalue weighted by Crippen LogP contribution is 2.32. The molecular formula is C33H37F3N5O2+. The van der Waals surface area contributed by atoms with Crippen LogP contribution in [0.1, 0.15) is 65.1 Å². The van der Waals surface area contributed by atoms with Gasteiger partial charge in [0.05, 0.1) is 25.8 Å². The molecule has 1 heterocycles. The summed E-state index contributed by atoms with van der Waals surface area (Å²) in [7, 11) is 1.28. The Hall–Kier alpha value is -4.15. The summed E-state index contributed by atoms with van der Waals surface area (Å²) in [4.78, 5) is 13.6. The first-order valence-electron chi connectivity index (χ1n) is 14.5. The van der Waals surface area contributed by atoms with Crippen LogP contribution >= 0.6 is 0 Å². The average Bonchev–Trinajstić information content (AvgIpc) is 3.75. The Morgan fingerprint density at radius 1 is 1.05 bits per heavy atom. The summed E-state index contributed by atoms with van der Waals surface area (Å²) in [5, 5.41) is 6.49. The van der Waals surface area contributed by atoms with Gasteiger partial charge in [-0.25, -0.2) is 0 Å². The molecule has 226 valence electrons. The van der Waals surface area contributed by atoms with Gasteiger partial charge in [-0.1, -0.05) is 48.0 Å². The first kappa shape index (κ1) is 30.3. The average molecular weight is 593 g/mol. The Morgan fingerprint density at radius 3 is 2.47 bits per heavy atom. The molecule has 1 amide bonds. The molecule has 1 fully saturated rings. The Bertz CT molecular complexity index is 1560. The van der Waals surface area contributed by atoms with E-state index in [0.29, 0.717) is 23.9 Å². The minimum absolute atomic E-state index is 0.143. The number of carbonyl (C=O) groups excluding carboxylic acids is 1. The van der Waals surface area contributed by atoms with E-state index in [1.165, 1.54) is 24.6 Å². The third kappa shape index (κ3) is 7.26. The van der Waals surface area contributed by atoms with Crippen molar-refractivity contribution in [2.45, 2.75) is 44.9 Å². The quantitative estimate of drug-likeness (QED) is 0.179. The second-order valence-electron chi connectivity index (χ2n) is 10.9. The number of aromatic nitrogens is 2. The number of hydrogen-bond donors (Lipinski definition) is 3. The Balaban J connectivity index is 1.45. The Morgan fingerprint density at radius 2 is 1.79 bits per heavy atom. The smallest absolute Gasteiger partial charge is 0.437 e. The number of nitrogens with zero attached hydrogens (tertiary/aromatic N) is 2. The zero-order chi connectivity index (χ0) is 30.6. The van der Waals surface area contributed by atoms with Crippen LogP contribution in [0.4, 0.5) is 18.9 Å². The number of rotatable bonds is 12. The lowest BCUT2D eigenvalue weighted by Crippen LogP contribution is -2.46. The summed E-state index contributed by atoms with van der Waals surface area (Å²) in [5.74, 6) is 0.784. The van der Waals surface area contributed by atoms with Gasteiger partial charge in [-0.2, -0.15) is 13.2 Å². The van der Waals surface area contributed by atoms with Crippen molar-refractivity contribution in [3.63, 3.8) is 0 Å². The minimum Gasteiger partial charge on any atom is -0.494 e. The van der Waals surface area contributed by atoms with Gasteiger partial charge in [0, 0.05) is 24.4 Å². The number of ether oxygens (including phenoxy) is 1. The molecule has 43 heavy (non-hydrogen) atoms. The molecule has 5 rings (SSSR count). The molecule has 1 aliphatic rings. The fourth-order valence-electron chi connectivity index (χ4n) is 5.11. The maximum atomic E-state index is 13.9. The van der Waals surface area contributed by atoms with Crippen molar-refractivity contribution >= 4 is 11.6 Å². The second kappa shape index (κ2) is 13.0. The van der Waals surface area contributed by atoms with Gasteiger partial charge in [0.15, 0.2) is 5.69 Å². The molecule has 4 aromatic rings. The van der Waals surface area contributed by atoms with Crippen molar-refractivity contribution < 1.29 is 27.4 Å². The molecule has 1 aliphatic carbocycles. The number of anilines is 1. The zero-order valence-electron chi connectivity index (χ0n) is 24.3. The van der Waals surface area contributed by atoms with E-state index in [4.69, 9.17) is 10.5 Å². The topological polar surface area (TPSA) is 85.2 Å².